The van der Waals surface area contributed by atoms with Crippen LogP contribution in [0.2, 0.25) is 0 Å². The average molecular weight is 1580 g/mol. The predicted octanol–water partition coefficient (Wildman–Crippen LogP) is 31.2. The molecule has 0 aromatic heterocycles. The molecule has 0 aliphatic carbocycles. The second-order valence-corrected chi connectivity index (χ2v) is 43.9. The highest BCUT2D eigenvalue weighted by atomic mass is 15.2. The van der Waals surface area contributed by atoms with E-state index in [0.29, 0.717) is 11.3 Å². The Kier molecular flexibility index (Phi) is 21.2. The summed E-state index contributed by atoms with van der Waals surface area (Å²) < 4.78 is 0. The Bertz CT molecular complexity index is 5610. The summed E-state index contributed by atoms with van der Waals surface area (Å²) in [6, 6.07) is 101. The van der Waals surface area contributed by atoms with Crippen LogP contribution in [0.1, 0.15) is 243 Å². The lowest BCUT2D eigenvalue weighted by Crippen LogP contribution is -2.61. The van der Waals surface area contributed by atoms with Crippen molar-refractivity contribution in [2.45, 2.75) is 236 Å². The van der Waals surface area contributed by atoms with Crippen LogP contribution in [-0.4, -0.2) is 6.71 Å². The number of fused-ring (bicyclic) bond motifs is 4. The van der Waals surface area contributed by atoms with E-state index in [4.69, 9.17) is 6.57 Å². The lowest BCUT2D eigenvalue weighted by atomic mass is 9.33. The quantitative estimate of drug-likeness (QED) is 0.101. The van der Waals surface area contributed by atoms with Gasteiger partial charge in [-0.15, -0.1) is 0 Å². The maximum absolute atomic E-state index is 10.5. The molecule has 0 radical (unpaired) electrons. The molecule has 0 bridgehead atoms. The Hall–Kier alpha value is -11.5. The number of anilines is 6. The van der Waals surface area contributed by atoms with Gasteiger partial charge < -0.3 is 9.80 Å². The van der Waals surface area contributed by atoms with Gasteiger partial charge in [0.25, 0.3) is 6.71 Å². The van der Waals surface area contributed by atoms with Crippen molar-refractivity contribution in [3.63, 3.8) is 0 Å². The Balaban J connectivity index is 1.22. The second-order valence-electron chi connectivity index (χ2n) is 43.9. The first-order chi connectivity index (χ1) is 56.5. The molecule has 4 nitrogen and oxygen atoms in total. The van der Waals surface area contributed by atoms with E-state index in [2.05, 4.69) is 438 Å². The standard InChI is InChI=1S/C116H123BN4/c1-108(2,3)85-51-81(52-86(65-85)109(4,5)6)95-59-79(75-41-39-72(71-118)40-42-75)60-96(82-53-87(110(7,8)9)66-88(54-82)111(10,11)12)106(95)120-101-49-45-77(73-35-31-29-32-36-73)63-99(101)117-100-64-78(74-37-33-30-34-38-74)46-50-102(100)121(104-70-93(116(25,26)27)69-103(120)105(104)117)107-97(83-55-89(112(13,14)15)67-90(56-83)113(16,17)18)61-80(76-43-47-94(119-28)48-44-76)62-98(107)84-57-91(114(19,20)21)68-92(58-84)115(22,23)24/h29-70H,1-27H3. The second kappa shape index (κ2) is 30.3. The molecule has 0 N–H and O–H groups in total. The predicted molar refractivity (Wildman–Crippen MR) is 523 cm³/mol. The molecule has 15 rings (SSSR count). The fourth-order valence-electron chi connectivity index (χ4n) is 17.6. The monoisotopic (exact) mass is 1580 g/mol. The fourth-order valence-corrected chi connectivity index (χ4v) is 17.6. The van der Waals surface area contributed by atoms with Crippen LogP contribution in [-0.2, 0) is 48.7 Å². The summed E-state index contributed by atoms with van der Waals surface area (Å²) in [5.74, 6) is 0. The summed E-state index contributed by atoms with van der Waals surface area (Å²) in [7, 11) is 0. The fraction of sp³-hybridized carbons (Fsp3) is 0.310. The number of benzene rings is 13. The minimum atomic E-state index is -0.415. The van der Waals surface area contributed by atoms with Gasteiger partial charge in [0, 0.05) is 45.0 Å². The third-order valence-corrected chi connectivity index (χ3v) is 25.4. The first-order valence-electron chi connectivity index (χ1n) is 43.7. The molecule has 0 spiro atoms. The van der Waals surface area contributed by atoms with Crippen LogP contribution in [0.3, 0.4) is 0 Å². The van der Waals surface area contributed by atoms with Crippen molar-refractivity contribution >= 4 is 62.9 Å². The Morgan fingerprint density at radius 3 is 0.752 bits per heavy atom. The zero-order chi connectivity index (χ0) is 87.1. The molecule has 5 heteroatoms. The van der Waals surface area contributed by atoms with Gasteiger partial charge in [-0.05, 0) is 243 Å². The minimum absolute atomic E-state index is 0.230. The van der Waals surface area contributed by atoms with Crippen LogP contribution in [0.25, 0.3) is 93.9 Å². The molecule has 121 heavy (non-hydrogen) atoms. The molecule has 13 aromatic rings. The van der Waals surface area contributed by atoms with Gasteiger partial charge in [-0.2, -0.15) is 5.26 Å². The molecule has 0 saturated heterocycles. The van der Waals surface area contributed by atoms with Gasteiger partial charge in [-0.3, -0.25) is 0 Å². The highest BCUT2D eigenvalue weighted by Gasteiger charge is 2.47. The van der Waals surface area contributed by atoms with Crippen molar-refractivity contribution in [2.75, 3.05) is 9.80 Å². The van der Waals surface area contributed by atoms with Crippen molar-refractivity contribution in [3.05, 3.63) is 322 Å². The third kappa shape index (κ3) is 16.6. The molecule has 0 atom stereocenters. The van der Waals surface area contributed by atoms with Crippen molar-refractivity contribution in [1.29, 1.82) is 5.26 Å². The zero-order valence-corrected chi connectivity index (χ0v) is 77.1. The van der Waals surface area contributed by atoms with Gasteiger partial charge in [0.1, 0.15) is 0 Å². The summed E-state index contributed by atoms with van der Waals surface area (Å²) in [5.41, 5.74) is 38.2. The van der Waals surface area contributed by atoms with Gasteiger partial charge in [0.2, 0.25) is 0 Å². The van der Waals surface area contributed by atoms with Crippen molar-refractivity contribution in [3.8, 4) is 95.1 Å². The lowest BCUT2D eigenvalue weighted by Gasteiger charge is -2.47. The van der Waals surface area contributed by atoms with Crippen LogP contribution < -0.4 is 26.2 Å². The summed E-state index contributed by atoms with van der Waals surface area (Å²) in [5, 5.41) is 10.5. The minimum Gasteiger partial charge on any atom is -0.310 e. The van der Waals surface area contributed by atoms with Crippen molar-refractivity contribution in [2.24, 2.45) is 0 Å². The number of nitrogens with zero attached hydrogens (tertiary/aromatic N) is 4. The number of rotatable bonds is 10. The van der Waals surface area contributed by atoms with Crippen LogP contribution in [0.4, 0.5) is 39.8 Å². The summed E-state index contributed by atoms with van der Waals surface area (Å²) in [6.45, 7) is 71.8. The van der Waals surface area contributed by atoms with E-state index in [1.807, 2.05) is 24.3 Å². The van der Waals surface area contributed by atoms with Crippen LogP contribution >= 0.6 is 0 Å². The van der Waals surface area contributed by atoms with Crippen LogP contribution in [0.15, 0.2) is 255 Å². The molecule has 2 heterocycles. The van der Waals surface area contributed by atoms with E-state index < -0.39 is 5.41 Å². The Morgan fingerprint density at radius 1 is 0.248 bits per heavy atom. The van der Waals surface area contributed by atoms with Crippen molar-refractivity contribution in [1.82, 2.24) is 0 Å². The smallest absolute Gasteiger partial charge is 0.252 e. The van der Waals surface area contributed by atoms with E-state index in [1.54, 1.807) is 0 Å². The number of nitriles is 1. The highest BCUT2D eigenvalue weighted by Crippen LogP contribution is 2.58. The highest BCUT2D eigenvalue weighted by molar-refractivity contribution is 7.00. The van der Waals surface area contributed by atoms with E-state index in [9.17, 15) is 5.26 Å². The molecular weight excluding hydrogens is 1460 g/mol. The summed E-state index contributed by atoms with van der Waals surface area (Å²) in [4.78, 5) is 9.48. The summed E-state index contributed by atoms with van der Waals surface area (Å²) in [6.07, 6.45) is 0. The third-order valence-electron chi connectivity index (χ3n) is 25.4. The topological polar surface area (TPSA) is 34.6 Å². The average Bonchev–Trinajstić information content (AvgIpc) is 0.683. The Labute approximate surface area is 725 Å². The zero-order valence-electron chi connectivity index (χ0n) is 77.1. The van der Waals surface area contributed by atoms with Gasteiger partial charge in [-0.25, -0.2) is 4.85 Å². The Morgan fingerprint density at radius 2 is 0.496 bits per heavy atom. The number of hydrogen-bond acceptors (Lipinski definition) is 3. The molecular formula is C116H123BN4. The molecule has 0 unspecified atom stereocenters. The normalized spacial score (nSPS) is 13.3. The molecule has 610 valence electrons. The van der Waals surface area contributed by atoms with Crippen molar-refractivity contribution < 1.29 is 0 Å². The molecule has 0 fully saturated rings. The van der Waals surface area contributed by atoms with E-state index in [-0.39, 0.29) is 50.0 Å². The first-order valence-corrected chi connectivity index (χ1v) is 43.7. The lowest BCUT2D eigenvalue weighted by molar-refractivity contribution is 0.568. The van der Waals surface area contributed by atoms with Crippen LogP contribution in [0.5, 0.6) is 0 Å². The van der Waals surface area contributed by atoms with E-state index >= 15 is 0 Å². The molecule has 2 aliphatic rings. The van der Waals surface area contributed by atoms with Gasteiger partial charge in [0.05, 0.1) is 29.6 Å². The first kappa shape index (κ1) is 84.5. The van der Waals surface area contributed by atoms with Gasteiger partial charge in [-0.1, -0.05) is 381 Å². The summed E-state index contributed by atoms with van der Waals surface area (Å²) >= 11 is 0. The van der Waals surface area contributed by atoms with E-state index in [1.165, 1.54) is 66.5 Å². The van der Waals surface area contributed by atoms with Crippen LogP contribution in [0, 0.1) is 17.9 Å². The van der Waals surface area contributed by atoms with Gasteiger partial charge in [0.15, 0.2) is 5.69 Å². The molecule has 13 aromatic carbocycles. The largest absolute Gasteiger partial charge is 0.310 e. The van der Waals surface area contributed by atoms with Gasteiger partial charge >= 0.3 is 0 Å². The maximum Gasteiger partial charge on any atom is 0.252 e. The van der Waals surface area contributed by atoms with E-state index in [0.717, 1.165) is 123 Å². The molecule has 0 saturated carbocycles. The SMILES string of the molecule is [C-]#[N+]c1ccc(-c2cc(-c3cc(C(C)(C)C)cc(C(C)(C)C)c3)c(N3c4ccc(-c5ccccc5)cc4B4c5cc(-c6ccccc6)ccc5N(c5c(-c6cc(C(C)(C)C)cc(C(C)(C)C)c6)cc(-c6ccc(C#N)cc6)cc5-c5cc(C(C)(C)C)cc(C(C)(C)C)c5)c5cc(C(C)(C)C)cc3c54)c(-c3cc(C(C)(C)C)cc(C(C)(C)C)c3)c2)cc1. The maximum atomic E-state index is 10.5. The molecule has 2 aliphatic heterocycles. The molecule has 0 amide bonds. The number of hydrogen-bond donors (Lipinski definition) is 0.